The molecule has 30 heavy (non-hydrogen) atoms. The van der Waals surface area contributed by atoms with Gasteiger partial charge in [-0.2, -0.15) is 0 Å². The summed E-state index contributed by atoms with van der Waals surface area (Å²) in [6.07, 6.45) is 0.439. The fourth-order valence-electron chi connectivity index (χ4n) is 2.93. The molecule has 3 atom stereocenters. The van der Waals surface area contributed by atoms with Crippen molar-refractivity contribution in [3.8, 4) is 5.88 Å². The SMILES string of the molecule is CC(C)(C)OC(=O)[C@@H](C(N)c1ccccc1)[C@@H](O)C(=O)CCCOc1ccccn1. The van der Waals surface area contributed by atoms with Crippen molar-refractivity contribution in [1.29, 1.82) is 0 Å². The molecule has 162 valence electrons. The minimum absolute atomic E-state index is 0.0365. The molecule has 1 heterocycles. The van der Waals surface area contributed by atoms with Gasteiger partial charge in [0.1, 0.15) is 17.6 Å². The molecule has 0 fully saturated rings. The Kier molecular flexibility index (Phi) is 8.50. The van der Waals surface area contributed by atoms with Crippen molar-refractivity contribution in [2.75, 3.05) is 6.61 Å². The number of aliphatic hydroxyl groups is 1. The maximum Gasteiger partial charge on any atom is 0.314 e. The van der Waals surface area contributed by atoms with Gasteiger partial charge in [-0.05, 0) is 38.8 Å². The smallest absolute Gasteiger partial charge is 0.314 e. The molecule has 0 saturated carbocycles. The number of ketones is 1. The highest BCUT2D eigenvalue weighted by atomic mass is 16.6. The van der Waals surface area contributed by atoms with Crippen LogP contribution in [0.3, 0.4) is 0 Å². The summed E-state index contributed by atoms with van der Waals surface area (Å²) < 4.78 is 10.9. The normalized spacial score (nSPS) is 14.4. The first kappa shape index (κ1) is 23.5. The van der Waals surface area contributed by atoms with E-state index in [1.165, 1.54) is 0 Å². The molecule has 0 amide bonds. The third-order valence-electron chi connectivity index (χ3n) is 4.38. The van der Waals surface area contributed by atoms with Crippen molar-refractivity contribution in [1.82, 2.24) is 4.98 Å². The van der Waals surface area contributed by atoms with Crippen LogP contribution in [-0.4, -0.2) is 40.2 Å². The second-order valence-corrected chi connectivity index (χ2v) is 8.03. The van der Waals surface area contributed by atoms with Crippen LogP contribution < -0.4 is 10.5 Å². The second kappa shape index (κ2) is 10.8. The molecule has 1 unspecified atom stereocenters. The van der Waals surface area contributed by atoms with Crippen molar-refractivity contribution in [3.63, 3.8) is 0 Å². The molecule has 1 aromatic heterocycles. The van der Waals surface area contributed by atoms with Gasteiger partial charge in [-0.25, -0.2) is 4.98 Å². The minimum atomic E-state index is -1.58. The lowest BCUT2D eigenvalue weighted by molar-refractivity contribution is -0.167. The lowest BCUT2D eigenvalue weighted by Crippen LogP contribution is -2.44. The lowest BCUT2D eigenvalue weighted by Gasteiger charge is -2.30. The number of ether oxygens (including phenoxy) is 2. The Hall–Kier alpha value is -2.77. The number of hydrogen-bond donors (Lipinski definition) is 2. The highest BCUT2D eigenvalue weighted by Gasteiger charge is 2.39. The number of aromatic nitrogens is 1. The van der Waals surface area contributed by atoms with Gasteiger partial charge in [-0.3, -0.25) is 9.59 Å². The molecule has 0 aliphatic heterocycles. The molecule has 0 radical (unpaired) electrons. The number of aliphatic hydroxyl groups excluding tert-OH is 1. The van der Waals surface area contributed by atoms with Crippen molar-refractivity contribution >= 4 is 11.8 Å². The number of carbonyl (C=O) groups excluding carboxylic acids is 2. The molecule has 7 heteroatoms. The summed E-state index contributed by atoms with van der Waals surface area (Å²) in [7, 11) is 0. The van der Waals surface area contributed by atoms with Crippen LogP contribution in [0.4, 0.5) is 0 Å². The summed E-state index contributed by atoms with van der Waals surface area (Å²) in [6.45, 7) is 5.43. The quantitative estimate of drug-likeness (QED) is 0.454. The number of Topliss-reactive ketones (excluding diaryl/α,β-unsaturated/α-hetero) is 1. The van der Waals surface area contributed by atoms with Gasteiger partial charge in [0.2, 0.25) is 5.88 Å². The molecule has 2 rings (SSSR count). The summed E-state index contributed by atoms with van der Waals surface area (Å²) in [6, 6.07) is 13.3. The van der Waals surface area contributed by atoms with Gasteiger partial charge in [0, 0.05) is 24.7 Å². The highest BCUT2D eigenvalue weighted by Crippen LogP contribution is 2.27. The number of nitrogens with zero attached hydrogens (tertiary/aromatic N) is 1. The maximum absolute atomic E-state index is 12.8. The second-order valence-electron chi connectivity index (χ2n) is 8.03. The van der Waals surface area contributed by atoms with Crippen molar-refractivity contribution < 1.29 is 24.2 Å². The standard InChI is InChI=1S/C23H30N2O5/c1-23(2,3)30-22(28)19(20(24)16-10-5-4-6-11-16)21(27)17(26)12-9-15-29-18-13-7-8-14-25-18/h4-8,10-11,13-14,19-21,27H,9,12,15,24H2,1-3H3/t19-,20?,21-/m0/s1. The van der Waals surface area contributed by atoms with E-state index in [1.54, 1.807) is 69.4 Å². The van der Waals surface area contributed by atoms with Gasteiger partial charge in [-0.15, -0.1) is 0 Å². The Bertz CT molecular complexity index is 805. The number of rotatable bonds is 10. The molecule has 0 aliphatic rings. The number of esters is 1. The van der Waals surface area contributed by atoms with Gasteiger partial charge < -0.3 is 20.3 Å². The molecule has 0 spiro atoms. The molecule has 3 N–H and O–H groups in total. The van der Waals surface area contributed by atoms with Crippen LogP contribution >= 0.6 is 0 Å². The number of nitrogens with two attached hydrogens (primary N) is 1. The van der Waals surface area contributed by atoms with E-state index in [9.17, 15) is 14.7 Å². The Morgan fingerprint density at radius 2 is 1.77 bits per heavy atom. The van der Waals surface area contributed by atoms with Crippen LogP contribution in [0, 0.1) is 5.92 Å². The van der Waals surface area contributed by atoms with Crippen LogP contribution in [0.2, 0.25) is 0 Å². The molecular formula is C23H30N2O5. The predicted octanol–water partition coefficient (Wildman–Crippen LogP) is 2.83. The Labute approximate surface area is 177 Å². The van der Waals surface area contributed by atoms with Crippen LogP contribution in [0.25, 0.3) is 0 Å². The van der Waals surface area contributed by atoms with E-state index in [0.717, 1.165) is 0 Å². The Balaban J connectivity index is 2.04. The third kappa shape index (κ3) is 7.24. The summed E-state index contributed by atoms with van der Waals surface area (Å²) in [5.41, 5.74) is 6.15. The summed E-state index contributed by atoms with van der Waals surface area (Å²) in [4.78, 5) is 29.4. The topological polar surface area (TPSA) is 112 Å². The highest BCUT2D eigenvalue weighted by molar-refractivity contribution is 5.89. The fourth-order valence-corrected chi connectivity index (χ4v) is 2.93. The summed E-state index contributed by atoms with van der Waals surface area (Å²) in [5, 5.41) is 10.7. The molecule has 0 aliphatic carbocycles. The van der Waals surface area contributed by atoms with Crippen molar-refractivity contribution in [3.05, 3.63) is 60.3 Å². The van der Waals surface area contributed by atoms with Crippen molar-refractivity contribution in [2.45, 2.75) is 51.4 Å². The first-order valence-corrected chi connectivity index (χ1v) is 9.97. The van der Waals surface area contributed by atoms with Gasteiger partial charge in [0.05, 0.1) is 6.61 Å². The number of hydrogen-bond acceptors (Lipinski definition) is 7. The van der Waals surface area contributed by atoms with E-state index in [1.807, 2.05) is 6.07 Å². The van der Waals surface area contributed by atoms with Crippen LogP contribution in [0.15, 0.2) is 54.7 Å². The van der Waals surface area contributed by atoms with E-state index in [0.29, 0.717) is 17.9 Å². The Morgan fingerprint density at radius 1 is 1.10 bits per heavy atom. The number of benzene rings is 1. The molecule has 0 bridgehead atoms. The largest absolute Gasteiger partial charge is 0.478 e. The predicted molar refractivity (Wildman–Crippen MR) is 113 cm³/mol. The maximum atomic E-state index is 12.8. The van der Waals surface area contributed by atoms with E-state index >= 15 is 0 Å². The zero-order valence-corrected chi connectivity index (χ0v) is 17.7. The van der Waals surface area contributed by atoms with E-state index in [2.05, 4.69) is 4.98 Å². The molecule has 1 aromatic carbocycles. The molecule has 0 saturated heterocycles. The van der Waals surface area contributed by atoms with Crippen LogP contribution in [0.5, 0.6) is 5.88 Å². The molecule has 2 aromatic rings. The average Bonchev–Trinajstić information content (AvgIpc) is 2.71. The first-order valence-electron chi connectivity index (χ1n) is 9.97. The van der Waals surface area contributed by atoms with Crippen LogP contribution in [0.1, 0.15) is 45.2 Å². The first-order chi connectivity index (χ1) is 14.2. The minimum Gasteiger partial charge on any atom is -0.478 e. The zero-order chi connectivity index (χ0) is 22.1. The zero-order valence-electron chi connectivity index (χ0n) is 17.7. The molecule has 7 nitrogen and oxygen atoms in total. The van der Waals surface area contributed by atoms with Crippen LogP contribution in [-0.2, 0) is 14.3 Å². The monoisotopic (exact) mass is 414 g/mol. The number of pyridine rings is 1. The van der Waals surface area contributed by atoms with Gasteiger partial charge in [0.15, 0.2) is 5.78 Å². The van der Waals surface area contributed by atoms with Crippen molar-refractivity contribution in [2.24, 2.45) is 11.7 Å². The lowest BCUT2D eigenvalue weighted by atomic mass is 9.86. The van der Waals surface area contributed by atoms with Gasteiger partial charge >= 0.3 is 5.97 Å². The fraction of sp³-hybridized carbons (Fsp3) is 0.435. The number of carbonyl (C=O) groups is 2. The van der Waals surface area contributed by atoms with E-state index in [4.69, 9.17) is 15.2 Å². The summed E-state index contributed by atoms with van der Waals surface area (Å²) in [5.74, 6) is -1.94. The molecular weight excluding hydrogens is 384 g/mol. The third-order valence-corrected chi connectivity index (χ3v) is 4.38. The van der Waals surface area contributed by atoms with E-state index < -0.39 is 35.4 Å². The average molecular weight is 415 g/mol. The summed E-state index contributed by atoms with van der Waals surface area (Å²) >= 11 is 0. The van der Waals surface area contributed by atoms with E-state index in [-0.39, 0.29) is 13.0 Å². The van der Waals surface area contributed by atoms with Gasteiger partial charge in [-0.1, -0.05) is 36.4 Å². The van der Waals surface area contributed by atoms with Gasteiger partial charge in [0.25, 0.3) is 0 Å². The Morgan fingerprint density at radius 3 is 2.37 bits per heavy atom.